The fraction of sp³-hybridized carbons (Fsp3) is 0.905. The Hall–Kier alpha value is -1.10. The van der Waals surface area contributed by atoms with Crippen LogP contribution < -0.4 is 5.32 Å². The van der Waals surface area contributed by atoms with Gasteiger partial charge in [-0.25, -0.2) is 0 Å². The Balaban J connectivity index is 1.82. The average molecular weight is 432 g/mol. The first-order chi connectivity index (χ1) is 14.3. The number of nitrogens with one attached hydrogen (secondary N) is 1. The summed E-state index contributed by atoms with van der Waals surface area (Å²) in [5.74, 6) is 0.255. The van der Waals surface area contributed by atoms with E-state index in [1.54, 1.807) is 11.8 Å². The zero-order chi connectivity index (χ0) is 22.2. The van der Waals surface area contributed by atoms with Crippen molar-refractivity contribution in [3.05, 3.63) is 0 Å². The molecule has 0 saturated carbocycles. The van der Waals surface area contributed by atoms with E-state index in [4.69, 9.17) is 18.9 Å². The van der Waals surface area contributed by atoms with Gasteiger partial charge < -0.3 is 34.1 Å². The van der Waals surface area contributed by atoms with Gasteiger partial charge >= 0.3 is 0 Å². The Morgan fingerprint density at radius 2 is 1.40 bits per heavy atom. The predicted octanol–water partition coefficient (Wildman–Crippen LogP) is 0.174. The van der Waals surface area contributed by atoms with E-state index >= 15 is 0 Å². The Morgan fingerprint density at radius 3 is 1.90 bits per heavy atom. The summed E-state index contributed by atoms with van der Waals surface area (Å²) in [4.78, 5) is 26.8. The fourth-order valence-corrected chi connectivity index (χ4v) is 3.22. The summed E-state index contributed by atoms with van der Waals surface area (Å²) in [6.07, 6.45) is 0.947. The van der Waals surface area contributed by atoms with Crippen LogP contribution in [0.4, 0.5) is 0 Å². The van der Waals surface area contributed by atoms with Gasteiger partial charge in [-0.1, -0.05) is 0 Å². The summed E-state index contributed by atoms with van der Waals surface area (Å²) >= 11 is 0. The van der Waals surface area contributed by atoms with Crippen molar-refractivity contribution in [1.29, 1.82) is 0 Å². The van der Waals surface area contributed by atoms with Crippen LogP contribution in [0, 0.1) is 0 Å². The first kappa shape index (κ1) is 26.9. The molecule has 0 unspecified atom stereocenters. The number of nitrogens with zero attached hydrogens (tertiary/aromatic N) is 2. The average Bonchev–Trinajstić information content (AvgIpc) is 2.66. The summed E-state index contributed by atoms with van der Waals surface area (Å²) in [6.45, 7) is 11.0. The maximum absolute atomic E-state index is 12.1. The van der Waals surface area contributed by atoms with Gasteiger partial charge in [-0.05, 0) is 20.9 Å². The van der Waals surface area contributed by atoms with Crippen LogP contribution in [0.25, 0.3) is 0 Å². The summed E-state index contributed by atoms with van der Waals surface area (Å²) in [5, 5.41) is 3.47. The third-order valence-electron chi connectivity index (χ3n) is 4.84. The summed E-state index contributed by atoms with van der Waals surface area (Å²) in [6, 6.07) is 0. The number of amides is 1. The van der Waals surface area contributed by atoms with Crippen LogP contribution >= 0.6 is 0 Å². The molecule has 0 aromatic carbocycles. The molecule has 0 aromatic heterocycles. The van der Waals surface area contributed by atoms with Crippen molar-refractivity contribution in [3.8, 4) is 0 Å². The minimum atomic E-state index is 0.126. The quantitative estimate of drug-likeness (QED) is 0.290. The van der Waals surface area contributed by atoms with Gasteiger partial charge in [0.2, 0.25) is 5.91 Å². The lowest BCUT2D eigenvalue weighted by molar-refractivity contribution is -0.130. The molecule has 0 atom stereocenters. The number of Topliss-reactive ketones (excluding diaryl/α,β-unsaturated/α-hetero) is 1. The lowest BCUT2D eigenvalue weighted by atomic mass is 9.93. The fourth-order valence-electron chi connectivity index (χ4n) is 3.22. The van der Waals surface area contributed by atoms with Crippen molar-refractivity contribution in [1.82, 2.24) is 15.1 Å². The number of carbonyl (C=O) groups excluding carboxylic acids is 2. The van der Waals surface area contributed by atoms with Gasteiger partial charge in [0.15, 0.2) is 0 Å². The molecule has 1 amide bonds. The lowest BCUT2D eigenvalue weighted by Gasteiger charge is -2.47. The molecule has 0 spiro atoms. The summed E-state index contributed by atoms with van der Waals surface area (Å²) in [7, 11) is 3.90. The molecular weight excluding hydrogens is 390 g/mol. The standard InChI is InChI=1S/C21H41N3O6/c1-19(25)6-9-27-11-13-29-15-16-30-14-12-28-10-8-24(4)20(26)5-7-22-21(2)17-23(3)18-21/h22H,5-18H2,1-4H3. The Morgan fingerprint density at radius 1 is 0.900 bits per heavy atom. The summed E-state index contributed by atoms with van der Waals surface area (Å²) < 4.78 is 21.6. The van der Waals surface area contributed by atoms with E-state index in [2.05, 4.69) is 24.2 Å². The first-order valence-electron chi connectivity index (χ1n) is 10.8. The highest BCUT2D eigenvalue weighted by Crippen LogP contribution is 2.17. The van der Waals surface area contributed by atoms with Gasteiger partial charge in [0.25, 0.3) is 0 Å². The van der Waals surface area contributed by atoms with Crippen molar-refractivity contribution in [2.24, 2.45) is 0 Å². The van der Waals surface area contributed by atoms with Gasteiger partial charge in [0.1, 0.15) is 5.78 Å². The van der Waals surface area contributed by atoms with Gasteiger partial charge in [-0.15, -0.1) is 0 Å². The monoisotopic (exact) mass is 431 g/mol. The molecule has 9 heteroatoms. The molecule has 1 heterocycles. The van der Waals surface area contributed by atoms with Crippen LogP contribution in [0.3, 0.4) is 0 Å². The Kier molecular flexibility index (Phi) is 14.1. The van der Waals surface area contributed by atoms with Crippen LogP contribution in [0.5, 0.6) is 0 Å². The second kappa shape index (κ2) is 15.7. The number of likely N-dealkylation sites (tertiary alicyclic amines) is 1. The Labute approximate surface area is 181 Å². The van der Waals surface area contributed by atoms with E-state index in [-0.39, 0.29) is 17.2 Å². The molecule has 0 radical (unpaired) electrons. The highest BCUT2D eigenvalue weighted by molar-refractivity contribution is 5.76. The number of hydrogen-bond donors (Lipinski definition) is 1. The topological polar surface area (TPSA) is 89.6 Å². The number of ether oxygens (including phenoxy) is 4. The third-order valence-corrected chi connectivity index (χ3v) is 4.84. The minimum Gasteiger partial charge on any atom is -0.379 e. The van der Waals surface area contributed by atoms with Crippen molar-refractivity contribution >= 4 is 11.7 Å². The number of rotatable bonds is 19. The van der Waals surface area contributed by atoms with Crippen LogP contribution in [-0.2, 0) is 28.5 Å². The maximum atomic E-state index is 12.1. The number of carbonyl (C=O) groups is 2. The molecule has 1 N–H and O–H groups in total. The molecule has 1 aliphatic heterocycles. The molecular formula is C21H41N3O6. The van der Waals surface area contributed by atoms with Crippen molar-refractivity contribution in [2.45, 2.75) is 32.2 Å². The van der Waals surface area contributed by atoms with E-state index < -0.39 is 0 Å². The lowest BCUT2D eigenvalue weighted by Crippen LogP contribution is -2.66. The molecule has 1 rings (SSSR count). The zero-order valence-corrected chi connectivity index (χ0v) is 19.2. The van der Waals surface area contributed by atoms with Gasteiger partial charge in [0.05, 0.1) is 52.9 Å². The molecule has 1 aliphatic rings. The second-order valence-electron chi connectivity index (χ2n) is 8.13. The van der Waals surface area contributed by atoms with Crippen LogP contribution in [0.15, 0.2) is 0 Å². The SMILES string of the molecule is CC(=O)CCOCCOCCOCCOCCN(C)C(=O)CCNC1(C)CN(C)C1. The van der Waals surface area contributed by atoms with E-state index in [0.29, 0.717) is 78.8 Å². The smallest absolute Gasteiger partial charge is 0.223 e. The third kappa shape index (κ3) is 13.3. The van der Waals surface area contributed by atoms with Crippen molar-refractivity contribution in [3.63, 3.8) is 0 Å². The maximum Gasteiger partial charge on any atom is 0.223 e. The largest absolute Gasteiger partial charge is 0.379 e. The number of likely N-dealkylation sites (N-methyl/N-ethyl adjacent to an activating group) is 2. The summed E-state index contributed by atoms with van der Waals surface area (Å²) in [5.41, 5.74) is 0.145. The van der Waals surface area contributed by atoms with E-state index in [1.165, 1.54) is 0 Å². The van der Waals surface area contributed by atoms with Crippen LogP contribution in [-0.4, -0.2) is 120 Å². The Bertz CT molecular complexity index is 485. The van der Waals surface area contributed by atoms with E-state index in [1.807, 2.05) is 7.05 Å². The molecule has 1 saturated heterocycles. The molecule has 0 bridgehead atoms. The highest BCUT2D eigenvalue weighted by atomic mass is 16.6. The molecule has 176 valence electrons. The molecule has 9 nitrogen and oxygen atoms in total. The van der Waals surface area contributed by atoms with E-state index in [0.717, 1.165) is 13.1 Å². The van der Waals surface area contributed by atoms with E-state index in [9.17, 15) is 9.59 Å². The molecule has 1 fully saturated rings. The minimum absolute atomic E-state index is 0.126. The second-order valence-corrected chi connectivity index (χ2v) is 8.13. The normalized spacial score (nSPS) is 15.7. The van der Waals surface area contributed by atoms with Crippen LogP contribution in [0.2, 0.25) is 0 Å². The molecule has 30 heavy (non-hydrogen) atoms. The molecule has 0 aromatic rings. The first-order valence-corrected chi connectivity index (χ1v) is 10.8. The zero-order valence-electron chi connectivity index (χ0n) is 19.2. The number of ketones is 1. The van der Waals surface area contributed by atoms with Crippen molar-refractivity contribution in [2.75, 3.05) is 93.1 Å². The van der Waals surface area contributed by atoms with Crippen LogP contribution in [0.1, 0.15) is 26.7 Å². The van der Waals surface area contributed by atoms with Gasteiger partial charge in [-0.2, -0.15) is 0 Å². The number of hydrogen-bond acceptors (Lipinski definition) is 8. The highest BCUT2D eigenvalue weighted by Gasteiger charge is 2.35. The predicted molar refractivity (Wildman–Crippen MR) is 115 cm³/mol. The van der Waals surface area contributed by atoms with Gasteiger partial charge in [-0.3, -0.25) is 9.59 Å². The van der Waals surface area contributed by atoms with Crippen molar-refractivity contribution < 1.29 is 28.5 Å². The van der Waals surface area contributed by atoms with Gasteiger partial charge in [0, 0.05) is 51.6 Å². The molecule has 0 aliphatic carbocycles.